The summed E-state index contributed by atoms with van der Waals surface area (Å²) < 4.78 is 6.10. The molecule has 0 saturated carbocycles. The second kappa shape index (κ2) is 7.66. The Kier molecular flexibility index (Phi) is 4.88. The molecule has 0 spiro atoms. The molecular weight excluding hydrogens is 354 g/mol. The Balaban J connectivity index is 1.27. The van der Waals surface area contributed by atoms with Gasteiger partial charge in [-0.15, -0.1) is 0 Å². The molecule has 6 rings (SSSR count). The quantitative estimate of drug-likeness (QED) is 0.823. The molecule has 6 heterocycles. The van der Waals surface area contributed by atoms with E-state index >= 15 is 0 Å². The molecule has 2 bridgehead atoms. The van der Waals surface area contributed by atoms with Gasteiger partial charge in [-0.05, 0) is 43.5 Å². The number of fused-ring (bicyclic) bond motifs is 4. The predicted octanol–water partition coefficient (Wildman–Crippen LogP) is 1.84. The van der Waals surface area contributed by atoms with Gasteiger partial charge in [-0.2, -0.15) is 0 Å². The fourth-order valence-corrected chi connectivity index (χ4v) is 4.72. The largest absolute Gasteiger partial charge is 0.463 e. The van der Waals surface area contributed by atoms with Crippen LogP contribution in [0.3, 0.4) is 0 Å². The van der Waals surface area contributed by atoms with Crippen LogP contribution in [0, 0.1) is 5.92 Å². The molecule has 28 heavy (non-hydrogen) atoms. The second-order valence-electron chi connectivity index (χ2n) is 8.13. The van der Waals surface area contributed by atoms with E-state index in [2.05, 4.69) is 37.8 Å². The van der Waals surface area contributed by atoms with Gasteiger partial charge >= 0.3 is 0 Å². The molecular formula is C21H27N5O2. The second-order valence-corrected chi connectivity index (χ2v) is 8.13. The maximum absolute atomic E-state index is 13.0. The Morgan fingerprint density at radius 2 is 2.07 bits per heavy atom. The molecule has 148 valence electrons. The normalized spacial score (nSPS) is 28.1. The van der Waals surface area contributed by atoms with E-state index in [1.165, 1.54) is 0 Å². The molecule has 0 aromatic carbocycles. The number of nitrogens with zero attached hydrogens (tertiary/aromatic N) is 3. The molecule has 4 fully saturated rings. The van der Waals surface area contributed by atoms with Gasteiger partial charge in [0.25, 0.3) is 0 Å². The Morgan fingerprint density at radius 3 is 2.89 bits per heavy atom. The molecule has 4 saturated heterocycles. The number of hydrogen-bond acceptors (Lipinski definition) is 6. The third kappa shape index (κ3) is 3.57. The van der Waals surface area contributed by atoms with Crippen molar-refractivity contribution in [2.45, 2.75) is 44.4 Å². The van der Waals surface area contributed by atoms with Gasteiger partial charge in [0.05, 0.1) is 30.7 Å². The van der Waals surface area contributed by atoms with Gasteiger partial charge < -0.3 is 9.32 Å². The van der Waals surface area contributed by atoms with Crippen molar-refractivity contribution < 1.29 is 9.21 Å². The lowest BCUT2D eigenvalue weighted by Gasteiger charge is -2.35. The van der Waals surface area contributed by atoms with E-state index in [-0.39, 0.29) is 23.9 Å². The van der Waals surface area contributed by atoms with Crippen molar-refractivity contribution in [3.05, 3.63) is 53.7 Å². The molecule has 0 radical (unpaired) electrons. The van der Waals surface area contributed by atoms with E-state index in [1.54, 1.807) is 6.20 Å². The smallest absolute Gasteiger partial charge is 0.227 e. The number of hydrogen-bond donors (Lipinski definition) is 2. The number of aromatic nitrogens is 1. The molecule has 1 unspecified atom stereocenters. The van der Waals surface area contributed by atoms with Crippen LogP contribution < -0.4 is 10.9 Å². The number of amides is 1. The van der Waals surface area contributed by atoms with Gasteiger partial charge in [-0.25, -0.2) is 5.43 Å². The molecule has 7 heteroatoms. The number of rotatable bonds is 5. The van der Waals surface area contributed by atoms with Gasteiger partial charge in [-0.3, -0.25) is 20.1 Å². The number of pyridine rings is 1. The predicted molar refractivity (Wildman–Crippen MR) is 104 cm³/mol. The van der Waals surface area contributed by atoms with Gasteiger partial charge in [0.15, 0.2) is 0 Å². The average Bonchev–Trinajstić information content (AvgIpc) is 3.33. The number of carbonyl (C=O) groups excluding carboxylic acids is 1. The highest BCUT2D eigenvalue weighted by Crippen LogP contribution is 2.31. The van der Waals surface area contributed by atoms with Crippen LogP contribution in [-0.4, -0.2) is 46.4 Å². The van der Waals surface area contributed by atoms with Crippen molar-refractivity contribution >= 4 is 5.91 Å². The zero-order valence-electron chi connectivity index (χ0n) is 16.0. The molecule has 4 aliphatic heterocycles. The standard InChI is InChI=1S/C21H27N5O2/c27-21-15-4-5-17(26(21)12-16-3-1-2-9-22-16)13-25(11-15)14-18-6-7-20(28-18)19-8-10-23-24-19/h1-3,6-7,9,15,17,19,23-24H,4-5,8,10-14H2/t15-,17+,19?/m0/s1. The zero-order chi connectivity index (χ0) is 18.9. The highest BCUT2D eigenvalue weighted by atomic mass is 16.3. The van der Waals surface area contributed by atoms with Crippen LogP contribution in [0.1, 0.15) is 42.5 Å². The third-order valence-electron chi connectivity index (χ3n) is 6.17. The van der Waals surface area contributed by atoms with Crippen molar-refractivity contribution in [1.82, 2.24) is 25.6 Å². The summed E-state index contributed by atoms with van der Waals surface area (Å²) in [6.45, 7) is 4.05. The van der Waals surface area contributed by atoms with Crippen molar-refractivity contribution in [3.63, 3.8) is 0 Å². The van der Waals surface area contributed by atoms with Crippen molar-refractivity contribution in [1.29, 1.82) is 0 Å². The molecule has 2 aromatic heterocycles. The minimum Gasteiger partial charge on any atom is -0.463 e. The number of carbonyl (C=O) groups is 1. The maximum atomic E-state index is 13.0. The lowest BCUT2D eigenvalue weighted by molar-refractivity contribution is -0.140. The number of piperidine rings is 1. The molecule has 0 aliphatic carbocycles. The maximum Gasteiger partial charge on any atom is 0.227 e. The summed E-state index contributed by atoms with van der Waals surface area (Å²) in [5.74, 6) is 2.34. The minimum atomic E-state index is 0.0811. The number of hydrazine groups is 1. The Morgan fingerprint density at radius 1 is 1.11 bits per heavy atom. The van der Waals surface area contributed by atoms with Gasteiger partial charge in [0.2, 0.25) is 5.91 Å². The van der Waals surface area contributed by atoms with E-state index in [0.717, 1.165) is 62.7 Å². The van der Waals surface area contributed by atoms with Crippen LogP contribution in [-0.2, 0) is 17.9 Å². The van der Waals surface area contributed by atoms with Crippen molar-refractivity contribution in [3.8, 4) is 0 Å². The van der Waals surface area contributed by atoms with Gasteiger partial charge in [-0.1, -0.05) is 6.07 Å². The Labute approximate surface area is 165 Å². The first-order valence-electron chi connectivity index (χ1n) is 10.3. The molecule has 2 aromatic rings. The summed E-state index contributed by atoms with van der Waals surface area (Å²) in [4.78, 5) is 21.9. The highest BCUT2D eigenvalue weighted by molar-refractivity contribution is 5.80. The summed E-state index contributed by atoms with van der Waals surface area (Å²) in [6.07, 6.45) is 4.89. The van der Waals surface area contributed by atoms with E-state index in [4.69, 9.17) is 4.42 Å². The van der Waals surface area contributed by atoms with E-state index in [0.29, 0.717) is 6.54 Å². The number of furan rings is 1. The van der Waals surface area contributed by atoms with Crippen LogP contribution in [0.15, 0.2) is 40.9 Å². The molecule has 7 nitrogen and oxygen atoms in total. The van der Waals surface area contributed by atoms with Gasteiger partial charge in [0, 0.05) is 31.9 Å². The van der Waals surface area contributed by atoms with Crippen LogP contribution in [0.4, 0.5) is 0 Å². The van der Waals surface area contributed by atoms with Crippen molar-refractivity contribution in [2.75, 3.05) is 19.6 Å². The zero-order valence-corrected chi connectivity index (χ0v) is 16.0. The summed E-state index contributed by atoms with van der Waals surface area (Å²) >= 11 is 0. The van der Waals surface area contributed by atoms with Crippen molar-refractivity contribution in [2.24, 2.45) is 5.92 Å². The fourth-order valence-electron chi connectivity index (χ4n) is 4.72. The molecule has 3 atom stereocenters. The summed E-state index contributed by atoms with van der Waals surface area (Å²) in [7, 11) is 0. The van der Waals surface area contributed by atoms with Crippen LogP contribution in [0.25, 0.3) is 0 Å². The van der Waals surface area contributed by atoms with E-state index in [9.17, 15) is 4.79 Å². The molecule has 4 aliphatic rings. The minimum absolute atomic E-state index is 0.0811. The number of nitrogens with one attached hydrogen (secondary N) is 2. The first kappa shape index (κ1) is 17.8. The lowest BCUT2D eigenvalue weighted by atomic mass is 9.94. The Hall–Kier alpha value is -2.22. The van der Waals surface area contributed by atoms with Gasteiger partial charge in [0.1, 0.15) is 11.5 Å². The first-order valence-corrected chi connectivity index (χ1v) is 10.3. The average molecular weight is 381 g/mol. The molecule has 1 amide bonds. The summed E-state index contributed by atoms with van der Waals surface area (Å²) in [6, 6.07) is 10.6. The highest BCUT2D eigenvalue weighted by Gasteiger charge is 2.40. The fraction of sp³-hybridized carbons (Fsp3) is 0.524. The van der Waals surface area contributed by atoms with E-state index in [1.807, 2.05) is 18.2 Å². The third-order valence-corrected chi connectivity index (χ3v) is 6.17. The van der Waals surface area contributed by atoms with Crippen LogP contribution >= 0.6 is 0 Å². The van der Waals surface area contributed by atoms with E-state index < -0.39 is 0 Å². The Bertz CT molecular complexity index is 817. The lowest BCUT2D eigenvalue weighted by Crippen LogP contribution is -2.47. The summed E-state index contributed by atoms with van der Waals surface area (Å²) in [5, 5.41) is 0. The van der Waals surface area contributed by atoms with Crippen LogP contribution in [0.2, 0.25) is 0 Å². The molecule has 2 N–H and O–H groups in total. The topological polar surface area (TPSA) is 73.6 Å². The SMILES string of the molecule is O=C1[C@H]2CC[C@H](CN(Cc3ccc(C4CCNN4)o3)C2)N1Cc1ccccn1. The summed E-state index contributed by atoms with van der Waals surface area (Å²) in [5.41, 5.74) is 7.36. The first-order chi connectivity index (χ1) is 13.8. The van der Waals surface area contributed by atoms with Crippen LogP contribution in [0.5, 0.6) is 0 Å². The monoisotopic (exact) mass is 381 g/mol.